The third-order valence-corrected chi connectivity index (χ3v) is 5.72. The van der Waals surface area contributed by atoms with E-state index in [1.165, 1.54) is 28.6 Å². The van der Waals surface area contributed by atoms with Gasteiger partial charge in [-0.2, -0.15) is 24.6 Å². The van der Waals surface area contributed by atoms with Crippen LogP contribution in [0.25, 0.3) is 0 Å². The molecule has 2 aromatic rings. The van der Waals surface area contributed by atoms with Gasteiger partial charge in [-0.25, -0.2) is 8.42 Å². The van der Waals surface area contributed by atoms with E-state index in [1.807, 2.05) is 6.07 Å². The number of rotatable bonds is 3. The SMILES string of the molecule is N#Cc1ccc(S(=O)(=O)N2CCC(n3nccn3)CC2)cc1. The highest BCUT2D eigenvalue weighted by Gasteiger charge is 2.30. The molecule has 0 unspecified atom stereocenters. The van der Waals surface area contributed by atoms with Gasteiger partial charge in [0.05, 0.1) is 35.0 Å². The Morgan fingerprint density at radius 2 is 1.68 bits per heavy atom. The van der Waals surface area contributed by atoms with Crippen LogP contribution in [0.3, 0.4) is 0 Å². The van der Waals surface area contributed by atoms with Crippen molar-refractivity contribution in [2.75, 3.05) is 13.1 Å². The molecule has 0 saturated carbocycles. The van der Waals surface area contributed by atoms with Crippen LogP contribution in [-0.2, 0) is 10.0 Å². The van der Waals surface area contributed by atoms with Gasteiger partial charge in [0, 0.05) is 13.1 Å². The Labute approximate surface area is 128 Å². The average molecular weight is 317 g/mol. The molecule has 3 rings (SSSR count). The molecule has 1 fully saturated rings. The molecule has 0 aliphatic carbocycles. The van der Waals surface area contributed by atoms with E-state index in [0.717, 1.165) is 0 Å². The summed E-state index contributed by atoms with van der Waals surface area (Å²) in [7, 11) is -3.51. The van der Waals surface area contributed by atoms with E-state index in [9.17, 15) is 8.42 Å². The van der Waals surface area contributed by atoms with Crippen molar-refractivity contribution in [3.63, 3.8) is 0 Å². The number of sulfonamides is 1. The van der Waals surface area contributed by atoms with Gasteiger partial charge in [0.1, 0.15) is 0 Å². The highest BCUT2D eigenvalue weighted by molar-refractivity contribution is 7.89. The minimum atomic E-state index is -3.51. The van der Waals surface area contributed by atoms with Gasteiger partial charge in [0.15, 0.2) is 0 Å². The molecular weight excluding hydrogens is 302 g/mol. The normalized spacial score (nSPS) is 17.2. The first-order chi connectivity index (χ1) is 10.6. The van der Waals surface area contributed by atoms with Gasteiger partial charge in [-0.15, -0.1) is 0 Å². The zero-order chi connectivity index (χ0) is 15.6. The molecule has 0 bridgehead atoms. The van der Waals surface area contributed by atoms with Gasteiger partial charge in [-0.3, -0.25) is 0 Å². The van der Waals surface area contributed by atoms with Crippen LogP contribution in [0.15, 0.2) is 41.6 Å². The van der Waals surface area contributed by atoms with E-state index in [1.54, 1.807) is 17.2 Å². The second kappa shape index (κ2) is 5.87. The number of nitrogens with zero attached hydrogens (tertiary/aromatic N) is 5. The van der Waals surface area contributed by atoms with E-state index in [-0.39, 0.29) is 10.9 Å². The molecular formula is C14H15N5O2S. The molecule has 2 heterocycles. The second-order valence-electron chi connectivity index (χ2n) is 5.12. The fraction of sp³-hybridized carbons (Fsp3) is 0.357. The minimum absolute atomic E-state index is 0.141. The topological polar surface area (TPSA) is 91.9 Å². The molecule has 0 amide bonds. The largest absolute Gasteiger partial charge is 0.243 e. The zero-order valence-corrected chi connectivity index (χ0v) is 12.6. The Kier molecular flexibility index (Phi) is 3.92. The maximum Gasteiger partial charge on any atom is 0.243 e. The molecule has 114 valence electrons. The molecule has 8 heteroatoms. The lowest BCUT2D eigenvalue weighted by Gasteiger charge is -2.30. The van der Waals surface area contributed by atoms with Crippen LogP contribution >= 0.6 is 0 Å². The molecule has 0 spiro atoms. The lowest BCUT2D eigenvalue weighted by atomic mass is 10.1. The van der Waals surface area contributed by atoms with Crippen molar-refractivity contribution >= 4 is 10.0 Å². The number of hydrogen-bond donors (Lipinski definition) is 0. The molecule has 1 aromatic heterocycles. The summed E-state index contributed by atoms with van der Waals surface area (Å²) in [6.45, 7) is 0.878. The molecule has 1 aliphatic rings. The maximum absolute atomic E-state index is 12.6. The first-order valence-corrected chi connectivity index (χ1v) is 8.41. The van der Waals surface area contributed by atoms with Crippen molar-refractivity contribution in [3.8, 4) is 6.07 Å². The number of piperidine rings is 1. The smallest absolute Gasteiger partial charge is 0.207 e. The summed E-state index contributed by atoms with van der Waals surface area (Å²) < 4.78 is 26.7. The van der Waals surface area contributed by atoms with Crippen molar-refractivity contribution in [2.24, 2.45) is 0 Å². The Balaban J connectivity index is 1.73. The summed E-state index contributed by atoms with van der Waals surface area (Å²) in [6.07, 6.45) is 4.62. The Morgan fingerprint density at radius 3 is 2.23 bits per heavy atom. The molecule has 1 aromatic carbocycles. The Hall–Kier alpha value is -2.24. The van der Waals surface area contributed by atoms with Gasteiger partial charge in [0.25, 0.3) is 0 Å². The lowest BCUT2D eigenvalue weighted by Crippen LogP contribution is -2.39. The van der Waals surface area contributed by atoms with Crippen molar-refractivity contribution in [1.82, 2.24) is 19.3 Å². The summed E-state index contributed by atoms with van der Waals surface area (Å²) >= 11 is 0. The second-order valence-corrected chi connectivity index (χ2v) is 7.06. The van der Waals surface area contributed by atoms with Crippen molar-refractivity contribution in [1.29, 1.82) is 5.26 Å². The molecule has 22 heavy (non-hydrogen) atoms. The summed E-state index contributed by atoms with van der Waals surface area (Å²) in [5.74, 6) is 0. The molecule has 0 radical (unpaired) electrons. The van der Waals surface area contributed by atoms with E-state index in [0.29, 0.717) is 31.5 Å². The molecule has 0 atom stereocenters. The average Bonchev–Trinajstić information content (AvgIpc) is 3.09. The van der Waals surface area contributed by atoms with Crippen LogP contribution in [0.5, 0.6) is 0 Å². The fourth-order valence-electron chi connectivity index (χ4n) is 2.58. The summed E-state index contributed by atoms with van der Waals surface area (Å²) in [6, 6.07) is 8.13. The van der Waals surface area contributed by atoms with Gasteiger partial charge >= 0.3 is 0 Å². The molecule has 0 N–H and O–H groups in total. The molecule has 1 saturated heterocycles. The minimum Gasteiger partial charge on any atom is -0.207 e. The molecule has 7 nitrogen and oxygen atoms in total. The third kappa shape index (κ3) is 2.73. The Morgan fingerprint density at radius 1 is 1.09 bits per heavy atom. The zero-order valence-electron chi connectivity index (χ0n) is 11.8. The van der Waals surface area contributed by atoms with Crippen molar-refractivity contribution < 1.29 is 8.42 Å². The van der Waals surface area contributed by atoms with E-state index >= 15 is 0 Å². The monoisotopic (exact) mass is 317 g/mol. The van der Waals surface area contributed by atoms with Crippen LogP contribution < -0.4 is 0 Å². The van der Waals surface area contributed by atoms with E-state index in [4.69, 9.17) is 5.26 Å². The van der Waals surface area contributed by atoms with Crippen molar-refractivity contribution in [2.45, 2.75) is 23.8 Å². The van der Waals surface area contributed by atoms with Crippen LogP contribution in [0.2, 0.25) is 0 Å². The van der Waals surface area contributed by atoms with E-state index < -0.39 is 10.0 Å². The predicted molar refractivity (Wildman–Crippen MR) is 78.2 cm³/mol. The first-order valence-electron chi connectivity index (χ1n) is 6.97. The van der Waals surface area contributed by atoms with Gasteiger partial charge in [0.2, 0.25) is 10.0 Å². The fourth-order valence-corrected chi connectivity index (χ4v) is 4.05. The molecule has 1 aliphatic heterocycles. The van der Waals surface area contributed by atoms with Crippen LogP contribution in [0.4, 0.5) is 0 Å². The number of aromatic nitrogens is 3. The summed E-state index contributed by atoms with van der Waals surface area (Å²) in [4.78, 5) is 1.87. The van der Waals surface area contributed by atoms with Crippen LogP contribution in [0, 0.1) is 11.3 Å². The highest BCUT2D eigenvalue weighted by atomic mass is 32.2. The summed E-state index contributed by atoms with van der Waals surface area (Å²) in [5.41, 5.74) is 0.447. The van der Waals surface area contributed by atoms with Crippen LogP contribution in [0.1, 0.15) is 24.4 Å². The predicted octanol–water partition coefficient (Wildman–Crippen LogP) is 1.18. The first kappa shape index (κ1) is 14.7. The van der Waals surface area contributed by atoms with Crippen molar-refractivity contribution in [3.05, 3.63) is 42.2 Å². The van der Waals surface area contributed by atoms with Crippen LogP contribution in [-0.4, -0.2) is 40.8 Å². The van der Waals surface area contributed by atoms with Gasteiger partial charge < -0.3 is 0 Å². The van der Waals surface area contributed by atoms with Gasteiger partial charge in [-0.1, -0.05) is 0 Å². The highest BCUT2D eigenvalue weighted by Crippen LogP contribution is 2.25. The number of benzene rings is 1. The number of nitriles is 1. The maximum atomic E-state index is 12.6. The quantitative estimate of drug-likeness (QED) is 0.847. The van der Waals surface area contributed by atoms with E-state index in [2.05, 4.69) is 10.2 Å². The lowest BCUT2D eigenvalue weighted by molar-refractivity contribution is 0.245. The Bertz CT molecular complexity index is 770. The standard InChI is InChI=1S/C14H15N5O2S/c15-11-12-1-3-14(4-2-12)22(20,21)18-9-5-13(6-10-18)19-16-7-8-17-19/h1-4,7-8,13H,5-6,9-10H2. The number of hydrogen-bond acceptors (Lipinski definition) is 5. The summed E-state index contributed by atoms with van der Waals surface area (Å²) in [5, 5.41) is 17.0. The third-order valence-electron chi connectivity index (χ3n) is 3.81. The van der Waals surface area contributed by atoms with Gasteiger partial charge in [-0.05, 0) is 37.1 Å².